The molecule has 25 heavy (non-hydrogen) atoms. The van der Waals surface area contributed by atoms with Crippen molar-refractivity contribution in [3.63, 3.8) is 0 Å². The third-order valence-electron chi connectivity index (χ3n) is 3.43. The fourth-order valence-electron chi connectivity index (χ4n) is 2.13. The van der Waals surface area contributed by atoms with Crippen molar-refractivity contribution in [1.29, 1.82) is 0 Å². The van der Waals surface area contributed by atoms with Gasteiger partial charge in [-0.25, -0.2) is 26.7 Å². The van der Waals surface area contributed by atoms with Crippen molar-refractivity contribution >= 4 is 12.2 Å². The molecule has 0 spiro atoms. The van der Waals surface area contributed by atoms with Crippen molar-refractivity contribution in [2.75, 3.05) is 6.61 Å². The first kappa shape index (κ1) is 19.0. The highest BCUT2D eigenvalue weighted by Gasteiger charge is 2.24. The van der Waals surface area contributed by atoms with Crippen molar-refractivity contribution in [3.05, 3.63) is 46.8 Å². The summed E-state index contributed by atoms with van der Waals surface area (Å²) in [6, 6.07) is 0. The number of carbonyl (C=O) groups excluding carboxylic acids is 1. The van der Waals surface area contributed by atoms with Gasteiger partial charge in [0.15, 0.2) is 23.3 Å². The molecule has 1 unspecified atom stereocenters. The molecule has 0 fully saturated rings. The lowest BCUT2D eigenvalue weighted by atomic mass is 10.1. The van der Waals surface area contributed by atoms with Crippen molar-refractivity contribution < 1.29 is 36.3 Å². The minimum Gasteiger partial charge on any atom is -0.374 e. The number of oxime groups is 1. The van der Waals surface area contributed by atoms with Gasteiger partial charge in [-0.2, -0.15) is 0 Å². The van der Waals surface area contributed by atoms with E-state index in [9.17, 15) is 26.7 Å². The topological polar surface area (TPSA) is 47.9 Å². The van der Waals surface area contributed by atoms with Crippen LogP contribution in [0.1, 0.15) is 31.2 Å². The standard InChI is InChI=1S/C16H14F5NO3/c17-12-10(13(18)15(20)16(21)14(12)19)8-22-25-11(23)6-7-24-9-4-2-1-3-5-9/h2,4,8-9H,1,3,5-7H2/b22-8+. The number of ether oxygens (including phenoxy) is 1. The molecule has 0 saturated heterocycles. The molecule has 1 aliphatic carbocycles. The molecule has 4 nitrogen and oxygen atoms in total. The van der Waals surface area contributed by atoms with Crippen LogP contribution < -0.4 is 0 Å². The monoisotopic (exact) mass is 363 g/mol. The zero-order valence-electron chi connectivity index (χ0n) is 12.9. The zero-order valence-corrected chi connectivity index (χ0v) is 12.9. The van der Waals surface area contributed by atoms with E-state index in [1.54, 1.807) is 0 Å². The Bertz CT molecular complexity index is 676. The van der Waals surface area contributed by atoms with Gasteiger partial charge < -0.3 is 9.57 Å². The summed E-state index contributed by atoms with van der Waals surface area (Å²) < 4.78 is 70.9. The molecule has 0 bridgehead atoms. The van der Waals surface area contributed by atoms with Gasteiger partial charge in [-0.3, -0.25) is 0 Å². The smallest absolute Gasteiger partial charge is 0.337 e. The summed E-state index contributed by atoms with van der Waals surface area (Å²) >= 11 is 0. The second-order valence-corrected chi connectivity index (χ2v) is 5.20. The molecule has 0 aliphatic heterocycles. The fourth-order valence-corrected chi connectivity index (χ4v) is 2.13. The number of carbonyl (C=O) groups is 1. The summed E-state index contributed by atoms with van der Waals surface area (Å²) in [6.07, 6.45) is 6.64. The van der Waals surface area contributed by atoms with Crippen LogP contribution in [0.15, 0.2) is 17.3 Å². The summed E-state index contributed by atoms with van der Waals surface area (Å²) in [7, 11) is 0. The predicted molar refractivity (Wildman–Crippen MR) is 77.3 cm³/mol. The molecule has 2 rings (SSSR count). The van der Waals surface area contributed by atoms with E-state index >= 15 is 0 Å². The first-order valence-corrected chi connectivity index (χ1v) is 7.44. The quantitative estimate of drug-likeness (QED) is 0.147. The first-order chi connectivity index (χ1) is 11.9. The van der Waals surface area contributed by atoms with E-state index in [0.717, 1.165) is 19.3 Å². The molecule has 0 aromatic heterocycles. The number of nitrogens with zero attached hydrogens (tertiary/aromatic N) is 1. The molecular formula is C16H14F5NO3. The molecule has 1 aromatic carbocycles. The molecule has 0 amide bonds. The van der Waals surface area contributed by atoms with E-state index in [1.165, 1.54) is 0 Å². The highest BCUT2D eigenvalue weighted by atomic mass is 19.2. The van der Waals surface area contributed by atoms with Gasteiger partial charge in [0.2, 0.25) is 5.82 Å². The Labute approximate surface area is 139 Å². The summed E-state index contributed by atoms with van der Waals surface area (Å²) in [5, 5.41) is 2.96. The molecule has 0 radical (unpaired) electrons. The van der Waals surface area contributed by atoms with Crippen LogP contribution in [0.4, 0.5) is 22.0 Å². The van der Waals surface area contributed by atoms with Crippen LogP contribution in [0, 0.1) is 29.1 Å². The highest BCUT2D eigenvalue weighted by molar-refractivity contribution is 5.81. The second kappa shape index (κ2) is 8.70. The Hall–Kier alpha value is -2.29. The lowest BCUT2D eigenvalue weighted by Crippen LogP contribution is -2.15. The Kier molecular flexibility index (Phi) is 6.63. The van der Waals surface area contributed by atoms with Crippen molar-refractivity contribution in [2.24, 2.45) is 5.16 Å². The van der Waals surface area contributed by atoms with Crippen molar-refractivity contribution in [1.82, 2.24) is 0 Å². The number of allylic oxidation sites excluding steroid dienone is 1. The molecular weight excluding hydrogens is 349 g/mol. The first-order valence-electron chi connectivity index (χ1n) is 7.44. The Balaban J connectivity index is 1.87. The van der Waals surface area contributed by atoms with Gasteiger partial charge >= 0.3 is 5.97 Å². The van der Waals surface area contributed by atoms with Gasteiger partial charge in [-0.1, -0.05) is 17.3 Å². The van der Waals surface area contributed by atoms with Crippen molar-refractivity contribution in [2.45, 2.75) is 31.8 Å². The van der Waals surface area contributed by atoms with Gasteiger partial charge in [0.05, 0.1) is 30.9 Å². The normalized spacial score (nSPS) is 17.2. The predicted octanol–water partition coefficient (Wildman–Crippen LogP) is 3.77. The molecule has 136 valence electrons. The van der Waals surface area contributed by atoms with Crippen LogP contribution in [0.2, 0.25) is 0 Å². The Morgan fingerprint density at radius 3 is 2.36 bits per heavy atom. The number of halogens is 5. The maximum atomic E-state index is 13.4. The maximum absolute atomic E-state index is 13.4. The van der Waals surface area contributed by atoms with Crippen molar-refractivity contribution in [3.8, 4) is 0 Å². The molecule has 0 N–H and O–H groups in total. The van der Waals surface area contributed by atoms with Crippen LogP contribution >= 0.6 is 0 Å². The van der Waals surface area contributed by atoms with E-state index in [1.807, 2.05) is 12.2 Å². The minimum atomic E-state index is -2.28. The van der Waals surface area contributed by atoms with E-state index < -0.39 is 40.6 Å². The average molecular weight is 363 g/mol. The Morgan fingerprint density at radius 2 is 1.76 bits per heavy atom. The second-order valence-electron chi connectivity index (χ2n) is 5.20. The third kappa shape index (κ3) is 4.85. The Morgan fingerprint density at radius 1 is 1.12 bits per heavy atom. The summed E-state index contributed by atoms with van der Waals surface area (Å²) in [4.78, 5) is 15.7. The summed E-state index contributed by atoms with van der Waals surface area (Å²) in [6.45, 7) is 0.0475. The number of rotatable bonds is 6. The SMILES string of the molecule is O=C(CCOC1C=CCCC1)O/N=C/c1c(F)c(F)c(F)c(F)c1F. The fraction of sp³-hybridized carbons (Fsp3) is 0.375. The van der Waals surface area contributed by atoms with E-state index in [2.05, 4.69) is 9.99 Å². The van der Waals surface area contributed by atoms with E-state index in [0.29, 0.717) is 0 Å². The van der Waals surface area contributed by atoms with Crippen LogP contribution in [0.3, 0.4) is 0 Å². The summed E-state index contributed by atoms with van der Waals surface area (Å²) in [5.41, 5.74) is -1.30. The molecule has 0 heterocycles. The zero-order chi connectivity index (χ0) is 18.4. The average Bonchev–Trinajstić information content (AvgIpc) is 2.62. The van der Waals surface area contributed by atoms with Crippen LogP contribution in [0.5, 0.6) is 0 Å². The molecule has 1 atom stereocenters. The van der Waals surface area contributed by atoms with E-state index in [-0.39, 0.29) is 25.3 Å². The number of hydrogen-bond acceptors (Lipinski definition) is 4. The molecule has 0 saturated carbocycles. The highest BCUT2D eigenvalue weighted by Crippen LogP contribution is 2.21. The maximum Gasteiger partial charge on any atom is 0.337 e. The molecule has 1 aliphatic rings. The van der Waals surface area contributed by atoms with Gasteiger partial charge in [0.1, 0.15) is 0 Å². The van der Waals surface area contributed by atoms with E-state index in [4.69, 9.17) is 4.74 Å². The molecule has 1 aromatic rings. The largest absolute Gasteiger partial charge is 0.374 e. The number of benzene rings is 1. The summed E-state index contributed by atoms with van der Waals surface area (Å²) in [5.74, 6) is -11.5. The van der Waals surface area contributed by atoms with Crippen LogP contribution in [0.25, 0.3) is 0 Å². The van der Waals surface area contributed by atoms with Crippen LogP contribution in [-0.2, 0) is 14.4 Å². The molecule has 9 heteroatoms. The minimum absolute atomic E-state index is 0.0475. The van der Waals surface area contributed by atoms with Gasteiger partial charge in [-0.05, 0) is 19.3 Å². The van der Waals surface area contributed by atoms with Gasteiger partial charge in [0, 0.05) is 0 Å². The van der Waals surface area contributed by atoms with Gasteiger partial charge in [-0.15, -0.1) is 0 Å². The van der Waals surface area contributed by atoms with Crippen LogP contribution in [-0.4, -0.2) is 24.9 Å². The number of hydrogen-bond donors (Lipinski definition) is 0. The lowest BCUT2D eigenvalue weighted by Gasteiger charge is -2.16. The lowest BCUT2D eigenvalue weighted by molar-refractivity contribution is -0.145. The third-order valence-corrected chi connectivity index (χ3v) is 3.43. The van der Waals surface area contributed by atoms with Gasteiger partial charge in [0.25, 0.3) is 0 Å².